The maximum Gasteiger partial charge on any atom is 0.304 e. The number of likely N-dealkylation sites (N-methyl/N-ethyl adjacent to an activating group) is 1. The summed E-state index contributed by atoms with van der Waals surface area (Å²) in [5, 5.41) is 8.85. The molecule has 1 aliphatic heterocycles. The normalized spacial score (nSPS) is 19.7. The van der Waals surface area contributed by atoms with E-state index in [1.165, 1.54) is 0 Å². The number of carboxylic acids is 1. The third kappa shape index (κ3) is 11.4. The number of ether oxygens (including phenoxy) is 3. The Labute approximate surface area is 155 Å². The van der Waals surface area contributed by atoms with Crippen molar-refractivity contribution in [2.24, 2.45) is 0 Å². The first-order chi connectivity index (χ1) is 12.5. The molecule has 1 rings (SSSR count). The Morgan fingerprint density at radius 1 is 0.885 bits per heavy atom. The molecule has 0 aromatic carbocycles. The monoisotopic (exact) mass is 375 g/mol. The molecule has 0 aromatic rings. The van der Waals surface area contributed by atoms with E-state index in [4.69, 9.17) is 19.3 Å². The van der Waals surface area contributed by atoms with E-state index in [2.05, 4.69) is 0 Å². The van der Waals surface area contributed by atoms with Crippen LogP contribution < -0.4 is 0 Å². The number of carbonyl (C=O) groups excluding carboxylic acids is 1. The van der Waals surface area contributed by atoms with Gasteiger partial charge in [-0.1, -0.05) is 0 Å². The zero-order valence-electron chi connectivity index (χ0n) is 16.0. The number of amides is 1. The number of hydrogen-bond donors (Lipinski definition) is 1. The number of carbonyl (C=O) groups is 2. The highest BCUT2D eigenvalue weighted by Crippen LogP contribution is 1.97. The van der Waals surface area contributed by atoms with Crippen molar-refractivity contribution in [3.8, 4) is 0 Å². The SMILES string of the molecule is CN(C)CC(=O)N1CCOCCOCCN(CCC(=O)O)CCOCC1. The lowest BCUT2D eigenvalue weighted by Gasteiger charge is -2.24. The molecule has 0 saturated carbocycles. The highest BCUT2D eigenvalue weighted by atomic mass is 16.5. The van der Waals surface area contributed by atoms with Gasteiger partial charge in [-0.15, -0.1) is 0 Å². The molecule has 1 aliphatic rings. The van der Waals surface area contributed by atoms with E-state index < -0.39 is 5.97 Å². The van der Waals surface area contributed by atoms with Crippen molar-refractivity contribution in [2.45, 2.75) is 6.42 Å². The zero-order chi connectivity index (χ0) is 19.2. The minimum Gasteiger partial charge on any atom is -0.481 e. The molecule has 0 bridgehead atoms. The summed E-state index contributed by atoms with van der Waals surface area (Å²) < 4.78 is 16.7. The molecule has 0 unspecified atom stereocenters. The standard InChI is InChI=1S/C17H33N3O6/c1-18(2)15-16(21)20-7-11-24-9-5-19(4-3-17(22)23)6-10-25-13-14-26-12-8-20/h3-15H2,1-2H3,(H,22,23). The van der Waals surface area contributed by atoms with Gasteiger partial charge in [0.2, 0.25) is 5.91 Å². The van der Waals surface area contributed by atoms with Crippen molar-refractivity contribution >= 4 is 11.9 Å². The summed E-state index contributed by atoms with van der Waals surface area (Å²) in [6, 6.07) is 0. The molecule has 1 N–H and O–H groups in total. The molecule has 1 fully saturated rings. The van der Waals surface area contributed by atoms with E-state index in [0.717, 1.165) is 0 Å². The molecule has 0 radical (unpaired) electrons. The zero-order valence-corrected chi connectivity index (χ0v) is 16.0. The van der Waals surface area contributed by atoms with Gasteiger partial charge in [0.1, 0.15) is 0 Å². The van der Waals surface area contributed by atoms with Gasteiger partial charge >= 0.3 is 5.97 Å². The van der Waals surface area contributed by atoms with E-state index in [9.17, 15) is 9.59 Å². The lowest BCUT2D eigenvalue weighted by Crippen LogP contribution is -2.41. The molecule has 152 valence electrons. The molecule has 0 aliphatic carbocycles. The van der Waals surface area contributed by atoms with Crippen LogP contribution in [-0.4, -0.2) is 125 Å². The van der Waals surface area contributed by atoms with Gasteiger partial charge in [-0.2, -0.15) is 0 Å². The van der Waals surface area contributed by atoms with E-state index in [1.54, 1.807) is 4.90 Å². The molecule has 0 spiro atoms. The van der Waals surface area contributed by atoms with Crippen LogP contribution in [0.5, 0.6) is 0 Å². The molecule has 1 amide bonds. The Balaban J connectivity index is 2.49. The smallest absolute Gasteiger partial charge is 0.304 e. The van der Waals surface area contributed by atoms with Crippen LogP contribution in [0.25, 0.3) is 0 Å². The van der Waals surface area contributed by atoms with Crippen LogP contribution in [0, 0.1) is 0 Å². The average molecular weight is 375 g/mol. The molecule has 1 saturated heterocycles. The summed E-state index contributed by atoms with van der Waals surface area (Å²) >= 11 is 0. The molecule has 9 nitrogen and oxygen atoms in total. The number of aliphatic carboxylic acids is 1. The van der Waals surface area contributed by atoms with Crippen molar-refractivity contribution in [1.82, 2.24) is 14.7 Å². The fourth-order valence-electron chi connectivity index (χ4n) is 2.48. The van der Waals surface area contributed by atoms with Crippen LogP contribution in [0.3, 0.4) is 0 Å². The van der Waals surface area contributed by atoms with Gasteiger partial charge in [-0.05, 0) is 14.1 Å². The number of rotatable bonds is 5. The van der Waals surface area contributed by atoms with E-state index in [0.29, 0.717) is 78.9 Å². The average Bonchev–Trinajstić information content (AvgIpc) is 2.58. The van der Waals surface area contributed by atoms with Crippen LogP contribution >= 0.6 is 0 Å². The van der Waals surface area contributed by atoms with Gasteiger partial charge < -0.3 is 29.1 Å². The quantitative estimate of drug-likeness (QED) is 0.669. The highest BCUT2D eigenvalue weighted by molar-refractivity contribution is 5.78. The van der Waals surface area contributed by atoms with Crippen LogP contribution in [-0.2, 0) is 23.8 Å². The Bertz CT molecular complexity index is 408. The predicted octanol–water partition coefficient (Wildman–Crippen LogP) is -0.783. The Kier molecular flexibility index (Phi) is 12.2. The molecule has 26 heavy (non-hydrogen) atoms. The maximum atomic E-state index is 12.3. The molecule has 0 atom stereocenters. The first kappa shape index (κ1) is 22.8. The van der Waals surface area contributed by atoms with Crippen molar-refractivity contribution < 1.29 is 28.9 Å². The fourth-order valence-corrected chi connectivity index (χ4v) is 2.48. The van der Waals surface area contributed by atoms with Crippen molar-refractivity contribution in [3.63, 3.8) is 0 Å². The van der Waals surface area contributed by atoms with Gasteiger partial charge in [-0.3, -0.25) is 14.5 Å². The summed E-state index contributed by atoms with van der Waals surface area (Å²) in [6.45, 7) is 6.04. The molecular weight excluding hydrogens is 342 g/mol. The predicted molar refractivity (Wildman–Crippen MR) is 96.3 cm³/mol. The summed E-state index contributed by atoms with van der Waals surface area (Å²) in [7, 11) is 3.73. The minimum atomic E-state index is -0.814. The summed E-state index contributed by atoms with van der Waals surface area (Å²) in [5.74, 6) is -0.767. The van der Waals surface area contributed by atoms with Gasteiger partial charge in [0.25, 0.3) is 0 Å². The van der Waals surface area contributed by atoms with Crippen LogP contribution in [0.4, 0.5) is 0 Å². The minimum absolute atomic E-state index is 0.0471. The Morgan fingerprint density at radius 3 is 1.88 bits per heavy atom. The van der Waals surface area contributed by atoms with Gasteiger partial charge in [0.15, 0.2) is 0 Å². The molecule has 9 heteroatoms. The van der Waals surface area contributed by atoms with Gasteiger partial charge in [-0.25, -0.2) is 0 Å². The first-order valence-electron chi connectivity index (χ1n) is 9.09. The van der Waals surface area contributed by atoms with Crippen molar-refractivity contribution in [2.75, 3.05) is 93.0 Å². The summed E-state index contributed by atoms with van der Waals surface area (Å²) in [5.41, 5.74) is 0. The topological polar surface area (TPSA) is 91.8 Å². The fraction of sp³-hybridized carbons (Fsp3) is 0.882. The van der Waals surface area contributed by atoms with Crippen LogP contribution in [0.15, 0.2) is 0 Å². The van der Waals surface area contributed by atoms with Crippen molar-refractivity contribution in [1.29, 1.82) is 0 Å². The maximum absolute atomic E-state index is 12.3. The van der Waals surface area contributed by atoms with Crippen molar-refractivity contribution in [3.05, 3.63) is 0 Å². The van der Waals surface area contributed by atoms with Crippen LogP contribution in [0.1, 0.15) is 6.42 Å². The lowest BCUT2D eigenvalue weighted by atomic mass is 10.3. The third-order valence-electron chi connectivity index (χ3n) is 3.93. The lowest BCUT2D eigenvalue weighted by molar-refractivity contribution is -0.137. The highest BCUT2D eigenvalue weighted by Gasteiger charge is 2.14. The van der Waals surface area contributed by atoms with E-state index >= 15 is 0 Å². The number of carboxylic acid groups (broad SMARTS) is 1. The second-order valence-electron chi connectivity index (χ2n) is 6.44. The summed E-state index contributed by atoms with van der Waals surface area (Å²) in [4.78, 5) is 28.7. The molecule has 0 aromatic heterocycles. The number of hydrogen-bond acceptors (Lipinski definition) is 7. The van der Waals surface area contributed by atoms with Gasteiger partial charge in [0, 0.05) is 32.7 Å². The number of nitrogens with zero attached hydrogens (tertiary/aromatic N) is 3. The molecule has 1 heterocycles. The Hall–Kier alpha value is -1.26. The second kappa shape index (κ2) is 13.9. The summed E-state index contributed by atoms with van der Waals surface area (Å²) in [6.07, 6.45) is 0.0932. The first-order valence-corrected chi connectivity index (χ1v) is 9.09. The third-order valence-corrected chi connectivity index (χ3v) is 3.93. The van der Waals surface area contributed by atoms with E-state index in [1.807, 2.05) is 23.9 Å². The van der Waals surface area contributed by atoms with E-state index in [-0.39, 0.29) is 12.3 Å². The Morgan fingerprint density at radius 2 is 1.38 bits per heavy atom. The van der Waals surface area contributed by atoms with Gasteiger partial charge in [0.05, 0.1) is 52.6 Å². The molecular formula is C17H33N3O6. The van der Waals surface area contributed by atoms with Crippen LogP contribution in [0.2, 0.25) is 0 Å². The second-order valence-corrected chi connectivity index (χ2v) is 6.44. The largest absolute Gasteiger partial charge is 0.481 e.